The van der Waals surface area contributed by atoms with Crippen LogP contribution in [-0.4, -0.2) is 5.97 Å². The van der Waals surface area contributed by atoms with Crippen molar-refractivity contribution >= 4 is 5.97 Å². The van der Waals surface area contributed by atoms with Crippen LogP contribution in [0.25, 0.3) is 0 Å². The summed E-state index contributed by atoms with van der Waals surface area (Å²) < 4.78 is 5.63. The molecule has 0 spiro atoms. The largest absolute Gasteiger partial charge is 0.545 e. The number of rotatable bonds is 5. The molecule has 0 aromatic heterocycles. The second-order valence-electron chi connectivity index (χ2n) is 4.96. The maximum absolute atomic E-state index is 11.0. The fourth-order valence-electron chi connectivity index (χ4n) is 1.96. The van der Waals surface area contributed by atoms with Crippen LogP contribution in [0.1, 0.15) is 41.3 Å². The third-order valence-electron chi connectivity index (χ3n) is 3.18. The molecule has 0 amide bonds. The highest BCUT2D eigenvalue weighted by molar-refractivity contribution is 5.87. The van der Waals surface area contributed by atoms with E-state index in [0.717, 1.165) is 5.75 Å². The Labute approximate surface area is 118 Å². The van der Waals surface area contributed by atoms with E-state index in [1.165, 1.54) is 11.6 Å². The van der Waals surface area contributed by atoms with Gasteiger partial charge in [-0.05, 0) is 29.2 Å². The van der Waals surface area contributed by atoms with Gasteiger partial charge in [-0.1, -0.05) is 50.2 Å². The molecule has 0 N–H and O–H groups in total. The molecule has 2 aromatic rings. The van der Waals surface area contributed by atoms with Crippen LogP contribution in [0.15, 0.2) is 48.5 Å². The van der Waals surface area contributed by atoms with Gasteiger partial charge in [0.2, 0.25) is 0 Å². The maximum Gasteiger partial charge on any atom is 0.119 e. The summed E-state index contributed by atoms with van der Waals surface area (Å²) in [6.45, 7) is 4.48. The number of hydrogen-bond acceptors (Lipinski definition) is 3. The normalized spacial score (nSPS) is 10.6. The Morgan fingerprint density at radius 2 is 1.75 bits per heavy atom. The van der Waals surface area contributed by atoms with Crippen LogP contribution in [0, 0.1) is 0 Å². The Hall–Kier alpha value is -2.29. The van der Waals surface area contributed by atoms with Crippen LogP contribution in [0.2, 0.25) is 0 Å². The van der Waals surface area contributed by atoms with Crippen molar-refractivity contribution in [3.63, 3.8) is 0 Å². The summed E-state index contributed by atoms with van der Waals surface area (Å²) in [4.78, 5) is 11.0. The smallest absolute Gasteiger partial charge is 0.119 e. The maximum atomic E-state index is 11.0. The molecule has 0 aliphatic rings. The van der Waals surface area contributed by atoms with Gasteiger partial charge in [0.25, 0.3) is 0 Å². The van der Waals surface area contributed by atoms with Crippen molar-refractivity contribution in [1.82, 2.24) is 0 Å². The van der Waals surface area contributed by atoms with Crippen LogP contribution >= 0.6 is 0 Å². The number of carbonyl (C=O) groups is 1. The van der Waals surface area contributed by atoms with E-state index in [1.807, 2.05) is 24.3 Å². The van der Waals surface area contributed by atoms with Gasteiger partial charge in [0, 0.05) is 5.56 Å². The first-order chi connectivity index (χ1) is 9.58. The van der Waals surface area contributed by atoms with Crippen LogP contribution < -0.4 is 9.84 Å². The van der Waals surface area contributed by atoms with E-state index in [1.54, 1.807) is 18.2 Å². The topological polar surface area (TPSA) is 49.4 Å². The average molecular weight is 269 g/mol. The Morgan fingerprint density at radius 1 is 1.10 bits per heavy atom. The lowest BCUT2D eigenvalue weighted by Crippen LogP contribution is -2.24. The lowest BCUT2D eigenvalue weighted by molar-refractivity contribution is -0.255. The third-order valence-corrected chi connectivity index (χ3v) is 3.18. The van der Waals surface area contributed by atoms with Crippen LogP contribution in [0.5, 0.6) is 5.75 Å². The predicted octanol–water partition coefficient (Wildman–Crippen LogP) is 2.75. The molecule has 0 bridgehead atoms. The van der Waals surface area contributed by atoms with Gasteiger partial charge in [0.1, 0.15) is 12.4 Å². The summed E-state index contributed by atoms with van der Waals surface area (Å²) in [5.41, 5.74) is 2.03. The van der Waals surface area contributed by atoms with E-state index in [9.17, 15) is 9.90 Å². The number of hydrogen-bond donors (Lipinski definition) is 0. The fourth-order valence-corrected chi connectivity index (χ4v) is 1.96. The molecule has 0 saturated carbocycles. The molecule has 20 heavy (non-hydrogen) atoms. The summed E-state index contributed by atoms with van der Waals surface area (Å²) in [6, 6.07) is 14.5. The molecule has 0 heterocycles. The van der Waals surface area contributed by atoms with Gasteiger partial charge in [-0.25, -0.2) is 0 Å². The molecular formula is C17H17O3-. The van der Waals surface area contributed by atoms with Crippen LogP contribution in [0.3, 0.4) is 0 Å². The first-order valence-electron chi connectivity index (χ1n) is 6.60. The SMILES string of the molecule is CC(C)c1ccc(OCc2ccccc2C(=O)[O-])cc1. The van der Waals surface area contributed by atoms with Crippen molar-refractivity contribution in [3.05, 3.63) is 65.2 Å². The molecule has 2 rings (SSSR count). The average Bonchev–Trinajstić information content (AvgIpc) is 2.45. The Morgan fingerprint density at radius 3 is 2.35 bits per heavy atom. The third kappa shape index (κ3) is 3.38. The quantitative estimate of drug-likeness (QED) is 0.838. The molecule has 0 atom stereocenters. The zero-order chi connectivity index (χ0) is 14.5. The number of ether oxygens (including phenoxy) is 1. The number of carboxylic acid groups (broad SMARTS) is 1. The number of carbonyl (C=O) groups excluding carboxylic acids is 1. The minimum absolute atomic E-state index is 0.173. The van der Waals surface area contributed by atoms with E-state index in [2.05, 4.69) is 13.8 Å². The van der Waals surface area contributed by atoms with Gasteiger partial charge in [-0.15, -0.1) is 0 Å². The van der Waals surface area contributed by atoms with E-state index in [4.69, 9.17) is 4.74 Å². The number of benzene rings is 2. The molecule has 2 aromatic carbocycles. The predicted molar refractivity (Wildman–Crippen MR) is 75.6 cm³/mol. The van der Waals surface area contributed by atoms with Gasteiger partial charge in [0.05, 0.1) is 5.97 Å². The summed E-state index contributed by atoms with van der Waals surface area (Å²) in [6.07, 6.45) is 0. The summed E-state index contributed by atoms with van der Waals surface area (Å²) in [7, 11) is 0. The molecule has 0 aliphatic heterocycles. The minimum atomic E-state index is -1.18. The zero-order valence-corrected chi connectivity index (χ0v) is 11.6. The Kier molecular flexibility index (Phi) is 4.41. The fraction of sp³-hybridized carbons (Fsp3) is 0.235. The molecule has 0 radical (unpaired) electrons. The second-order valence-corrected chi connectivity index (χ2v) is 4.96. The lowest BCUT2D eigenvalue weighted by Gasteiger charge is -2.12. The van der Waals surface area contributed by atoms with Crippen molar-refractivity contribution in [2.45, 2.75) is 26.4 Å². The molecule has 3 nitrogen and oxygen atoms in total. The van der Waals surface area contributed by atoms with Crippen LogP contribution in [0.4, 0.5) is 0 Å². The van der Waals surface area contributed by atoms with E-state index in [-0.39, 0.29) is 12.2 Å². The number of aromatic carboxylic acids is 1. The van der Waals surface area contributed by atoms with Crippen molar-refractivity contribution in [1.29, 1.82) is 0 Å². The second kappa shape index (κ2) is 6.24. The standard InChI is InChI=1S/C17H18O3/c1-12(2)13-7-9-15(10-8-13)20-11-14-5-3-4-6-16(14)17(18)19/h3-10,12H,11H2,1-2H3,(H,18,19)/p-1. The van der Waals surface area contributed by atoms with Gasteiger partial charge >= 0.3 is 0 Å². The zero-order valence-electron chi connectivity index (χ0n) is 11.6. The highest BCUT2D eigenvalue weighted by Crippen LogP contribution is 2.20. The van der Waals surface area contributed by atoms with Crippen molar-refractivity contribution in [2.24, 2.45) is 0 Å². The first-order valence-corrected chi connectivity index (χ1v) is 6.60. The lowest BCUT2D eigenvalue weighted by atomic mass is 10.0. The first kappa shape index (κ1) is 14.1. The molecular weight excluding hydrogens is 252 g/mol. The molecule has 0 unspecified atom stereocenters. The number of carboxylic acids is 1. The molecule has 104 valence electrons. The van der Waals surface area contributed by atoms with E-state index in [0.29, 0.717) is 11.5 Å². The Bertz CT molecular complexity index is 585. The van der Waals surface area contributed by atoms with Crippen molar-refractivity contribution < 1.29 is 14.6 Å². The van der Waals surface area contributed by atoms with Crippen molar-refractivity contribution in [3.8, 4) is 5.75 Å². The molecule has 0 saturated heterocycles. The van der Waals surface area contributed by atoms with E-state index < -0.39 is 5.97 Å². The molecule has 0 aliphatic carbocycles. The molecule has 3 heteroatoms. The molecule has 0 fully saturated rings. The van der Waals surface area contributed by atoms with Gasteiger partial charge in [0.15, 0.2) is 0 Å². The van der Waals surface area contributed by atoms with Gasteiger partial charge < -0.3 is 14.6 Å². The highest BCUT2D eigenvalue weighted by Gasteiger charge is 2.04. The monoisotopic (exact) mass is 269 g/mol. The van der Waals surface area contributed by atoms with E-state index >= 15 is 0 Å². The van der Waals surface area contributed by atoms with Gasteiger partial charge in [-0.2, -0.15) is 0 Å². The Balaban J connectivity index is 2.07. The summed E-state index contributed by atoms with van der Waals surface area (Å²) in [5.74, 6) is 0.0183. The minimum Gasteiger partial charge on any atom is -0.545 e. The van der Waals surface area contributed by atoms with Crippen LogP contribution in [-0.2, 0) is 6.61 Å². The van der Waals surface area contributed by atoms with Crippen molar-refractivity contribution in [2.75, 3.05) is 0 Å². The summed E-state index contributed by atoms with van der Waals surface area (Å²) >= 11 is 0. The summed E-state index contributed by atoms with van der Waals surface area (Å²) in [5, 5.41) is 11.0. The highest BCUT2D eigenvalue weighted by atomic mass is 16.5. The van der Waals surface area contributed by atoms with Gasteiger partial charge in [-0.3, -0.25) is 0 Å².